The molecule has 3 heteroatoms. The zero-order chi connectivity index (χ0) is 29.8. The second-order valence-electron chi connectivity index (χ2n) is 11.2. The Kier molecular flexibility index (Phi) is 8.18. The average molecular weight is 580 g/mol. The van der Waals surface area contributed by atoms with E-state index in [2.05, 4.69) is 153 Å². The molecule has 0 aromatic heterocycles. The van der Waals surface area contributed by atoms with Crippen LogP contribution in [0.4, 0.5) is 0 Å². The Balaban J connectivity index is 1.78. The van der Waals surface area contributed by atoms with Gasteiger partial charge in [-0.05, 0) is 89.2 Å². The highest BCUT2D eigenvalue weighted by molar-refractivity contribution is 8.33. The van der Waals surface area contributed by atoms with Crippen LogP contribution in [0.5, 0.6) is 5.75 Å². The van der Waals surface area contributed by atoms with Crippen molar-refractivity contribution in [1.82, 2.24) is 0 Å². The number of allylic oxidation sites excluding steroid dienone is 1. The second-order valence-corrected chi connectivity index (χ2v) is 14.3. The first-order chi connectivity index (χ1) is 21.0. The molecule has 0 aliphatic rings. The van der Waals surface area contributed by atoms with Crippen molar-refractivity contribution in [2.45, 2.75) is 47.3 Å². The second kappa shape index (κ2) is 12.3. The first-order valence-electron chi connectivity index (χ1n) is 14.8. The number of ether oxygens (including phenoxy) is 1. The van der Waals surface area contributed by atoms with Crippen molar-refractivity contribution < 1.29 is 4.74 Å². The molecule has 214 valence electrons. The van der Waals surface area contributed by atoms with Gasteiger partial charge in [0.1, 0.15) is 5.75 Å². The van der Waals surface area contributed by atoms with Crippen LogP contribution in [-0.2, 0) is 5.75 Å². The molecule has 2 nitrogen and oxygen atoms in total. The number of nitrogens with one attached hydrogen (secondary N) is 1. The van der Waals surface area contributed by atoms with Crippen molar-refractivity contribution in [2.24, 2.45) is 0 Å². The predicted molar refractivity (Wildman–Crippen MR) is 185 cm³/mol. The first-order valence-corrected chi connectivity index (χ1v) is 16.6. The van der Waals surface area contributed by atoms with E-state index in [0.29, 0.717) is 5.71 Å². The lowest BCUT2D eigenvalue weighted by Crippen LogP contribution is -2.13. The van der Waals surface area contributed by atoms with Crippen LogP contribution >= 0.6 is 10.0 Å². The van der Waals surface area contributed by atoms with Crippen LogP contribution in [0.1, 0.15) is 31.9 Å². The smallest absolute Gasteiger partial charge is 0.124 e. The summed E-state index contributed by atoms with van der Waals surface area (Å²) in [6.45, 7) is 5.98. The topological polar surface area (TPSA) is 33.1 Å². The van der Waals surface area contributed by atoms with Crippen molar-refractivity contribution in [2.75, 3.05) is 0 Å². The summed E-state index contributed by atoms with van der Waals surface area (Å²) in [5, 5.41) is 13.1. The molecule has 0 fully saturated rings. The van der Waals surface area contributed by atoms with Crippen LogP contribution in [0.15, 0.2) is 154 Å². The maximum absolute atomic E-state index is 8.13. The van der Waals surface area contributed by atoms with Crippen LogP contribution in [0.25, 0.3) is 27.6 Å². The number of fused-ring (bicyclic) bond motifs is 2. The van der Waals surface area contributed by atoms with Gasteiger partial charge < -0.3 is 10.1 Å². The average Bonchev–Trinajstić information content (AvgIpc) is 3.03. The van der Waals surface area contributed by atoms with E-state index in [4.69, 9.17) is 10.1 Å². The van der Waals surface area contributed by atoms with Crippen LogP contribution in [0.3, 0.4) is 0 Å². The minimum atomic E-state index is -1.93. The minimum Gasteiger partial charge on any atom is -0.491 e. The number of hydrogen-bond acceptors (Lipinski definition) is 2. The summed E-state index contributed by atoms with van der Waals surface area (Å²) in [7, 11) is -1.93. The molecular formula is C40H37NOS. The molecule has 0 spiro atoms. The number of benzene rings is 6. The summed E-state index contributed by atoms with van der Waals surface area (Å²) in [5.74, 6) is 1.65. The number of rotatable bonds is 9. The van der Waals surface area contributed by atoms with E-state index in [1.165, 1.54) is 36.2 Å². The van der Waals surface area contributed by atoms with Crippen molar-refractivity contribution in [1.29, 1.82) is 5.41 Å². The van der Waals surface area contributed by atoms with Crippen molar-refractivity contribution in [3.8, 4) is 5.75 Å². The molecule has 0 bridgehead atoms. The molecule has 0 aliphatic carbocycles. The molecule has 1 N–H and O–H groups in total. The molecule has 0 heterocycles. The fourth-order valence-electron chi connectivity index (χ4n) is 5.95. The largest absolute Gasteiger partial charge is 0.491 e. The summed E-state index contributed by atoms with van der Waals surface area (Å²) in [6.07, 6.45) is 3.98. The van der Waals surface area contributed by atoms with Crippen LogP contribution in [0.2, 0.25) is 0 Å². The zero-order valence-corrected chi connectivity index (χ0v) is 25.8. The van der Waals surface area contributed by atoms with Crippen molar-refractivity contribution in [3.63, 3.8) is 0 Å². The van der Waals surface area contributed by atoms with Gasteiger partial charge in [0.25, 0.3) is 0 Å². The van der Waals surface area contributed by atoms with E-state index < -0.39 is 10.0 Å². The highest BCUT2D eigenvalue weighted by atomic mass is 32.3. The van der Waals surface area contributed by atoms with Gasteiger partial charge in [-0.15, -0.1) is 0 Å². The lowest BCUT2D eigenvalue weighted by atomic mass is 10.1. The Morgan fingerprint density at radius 3 is 1.79 bits per heavy atom. The van der Waals surface area contributed by atoms with Gasteiger partial charge in [0.15, 0.2) is 0 Å². The minimum absolute atomic E-state index is 0.0266. The summed E-state index contributed by atoms with van der Waals surface area (Å²) in [6, 6.07) is 48.5. The van der Waals surface area contributed by atoms with E-state index in [0.717, 1.165) is 22.6 Å². The van der Waals surface area contributed by atoms with Gasteiger partial charge in [-0.1, -0.05) is 109 Å². The van der Waals surface area contributed by atoms with Gasteiger partial charge in [0.2, 0.25) is 0 Å². The third kappa shape index (κ3) is 5.61. The SMILES string of the molecule is CC(=N)/C=C\c1cccc(OC(C)C)c1CS(c1ccccc1)(c1cccc2ccccc12)c1cccc2ccccc12. The maximum Gasteiger partial charge on any atom is 0.124 e. The maximum atomic E-state index is 8.13. The van der Waals surface area contributed by atoms with Crippen molar-refractivity contribution >= 4 is 43.4 Å². The van der Waals surface area contributed by atoms with Crippen LogP contribution in [0, 0.1) is 5.41 Å². The van der Waals surface area contributed by atoms with Gasteiger partial charge in [-0.25, -0.2) is 0 Å². The van der Waals surface area contributed by atoms with E-state index in [1.807, 2.05) is 13.0 Å². The molecule has 0 aliphatic heterocycles. The molecule has 6 aromatic rings. The molecule has 0 unspecified atom stereocenters. The molecule has 0 radical (unpaired) electrons. The summed E-state index contributed by atoms with van der Waals surface area (Å²) < 4.78 is 6.55. The Morgan fingerprint density at radius 1 is 0.674 bits per heavy atom. The molecule has 0 atom stereocenters. The summed E-state index contributed by atoms with van der Waals surface area (Å²) in [4.78, 5) is 3.98. The molecular weight excluding hydrogens is 543 g/mol. The van der Waals surface area contributed by atoms with E-state index in [9.17, 15) is 0 Å². The van der Waals surface area contributed by atoms with Gasteiger partial charge in [-0.2, -0.15) is 10.0 Å². The van der Waals surface area contributed by atoms with Gasteiger partial charge in [-0.3, -0.25) is 0 Å². The van der Waals surface area contributed by atoms with Gasteiger partial charge >= 0.3 is 0 Å². The highest BCUT2D eigenvalue weighted by Gasteiger charge is 2.35. The Morgan fingerprint density at radius 2 is 1.21 bits per heavy atom. The first kappa shape index (κ1) is 28.5. The van der Waals surface area contributed by atoms with Crippen LogP contribution < -0.4 is 4.74 Å². The fourth-order valence-corrected chi connectivity index (χ4v) is 10.3. The quantitative estimate of drug-likeness (QED) is 0.170. The normalized spacial score (nSPS) is 12.3. The van der Waals surface area contributed by atoms with Crippen LogP contribution in [-0.4, -0.2) is 11.8 Å². The van der Waals surface area contributed by atoms with E-state index in [-0.39, 0.29) is 6.10 Å². The standard InChI is InChI=1S/C40H37NOS/c1-29(2)42-38-23-11-16-33(27-26-30(3)41)37(38)28-43(34-19-5-4-6-20-34,39-24-12-17-31-14-7-9-21-35(31)39)40-25-13-18-32-15-8-10-22-36(32)40/h4-27,29,41H,28H2,1-3H3/b27-26-,41-30?. The lowest BCUT2D eigenvalue weighted by molar-refractivity contribution is 0.240. The molecule has 0 saturated heterocycles. The van der Waals surface area contributed by atoms with E-state index in [1.54, 1.807) is 0 Å². The Bertz CT molecular complexity index is 1850. The molecule has 0 saturated carbocycles. The highest BCUT2D eigenvalue weighted by Crippen LogP contribution is 2.73. The third-order valence-electron chi connectivity index (χ3n) is 7.80. The molecule has 6 rings (SSSR count). The van der Waals surface area contributed by atoms with Crippen molar-refractivity contribution in [3.05, 3.63) is 151 Å². The Labute approximate surface area is 256 Å². The van der Waals surface area contributed by atoms with Gasteiger partial charge in [0, 0.05) is 26.8 Å². The van der Waals surface area contributed by atoms with E-state index >= 15 is 0 Å². The monoisotopic (exact) mass is 579 g/mol. The zero-order valence-electron chi connectivity index (χ0n) is 25.0. The lowest BCUT2D eigenvalue weighted by Gasteiger charge is -2.44. The fraction of sp³-hybridized carbons (Fsp3) is 0.125. The molecule has 0 amide bonds. The molecule has 43 heavy (non-hydrogen) atoms. The Hall–Kier alpha value is -4.60. The number of hydrogen-bond donors (Lipinski definition) is 1. The summed E-state index contributed by atoms with van der Waals surface area (Å²) in [5.41, 5.74) is 2.76. The summed E-state index contributed by atoms with van der Waals surface area (Å²) >= 11 is 0. The molecule has 6 aromatic carbocycles. The third-order valence-corrected chi connectivity index (χ3v) is 11.8. The van der Waals surface area contributed by atoms with Gasteiger partial charge in [0.05, 0.1) is 6.10 Å². The predicted octanol–water partition coefficient (Wildman–Crippen LogP) is 11.3.